The van der Waals surface area contributed by atoms with Crippen molar-refractivity contribution in [2.45, 2.75) is 38.8 Å². The van der Waals surface area contributed by atoms with Crippen molar-refractivity contribution in [3.63, 3.8) is 0 Å². The summed E-state index contributed by atoms with van der Waals surface area (Å²) in [6.07, 6.45) is 5.62. The highest BCUT2D eigenvalue weighted by Gasteiger charge is 2.20. The molecular weight excluding hydrogens is 318 g/mol. The van der Waals surface area contributed by atoms with Crippen molar-refractivity contribution in [2.75, 3.05) is 26.7 Å². The van der Waals surface area contributed by atoms with Crippen LogP contribution < -0.4 is 10.1 Å². The van der Waals surface area contributed by atoms with Gasteiger partial charge in [-0.25, -0.2) is 4.98 Å². The summed E-state index contributed by atoms with van der Waals surface area (Å²) in [5.41, 5.74) is 1.11. The molecule has 1 saturated heterocycles. The van der Waals surface area contributed by atoms with Gasteiger partial charge >= 0.3 is 0 Å². The average Bonchev–Trinajstić information content (AvgIpc) is 2.45. The van der Waals surface area contributed by atoms with Crippen LogP contribution in [0.25, 0.3) is 0 Å². The third-order valence-electron chi connectivity index (χ3n) is 3.79. The zero-order valence-corrected chi connectivity index (χ0v) is 13.9. The molecule has 1 N–H and O–H groups in total. The second-order valence-corrected chi connectivity index (χ2v) is 6.26. The number of hydrogen-bond acceptors (Lipinski definition) is 4. The van der Waals surface area contributed by atoms with Crippen LogP contribution in [0.15, 0.2) is 16.7 Å². The minimum absolute atomic E-state index is 0.515. The van der Waals surface area contributed by atoms with Gasteiger partial charge in [0.1, 0.15) is 6.61 Å². The summed E-state index contributed by atoms with van der Waals surface area (Å²) in [5.74, 6) is 0.758. The molecule has 5 heteroatoms. The topological polar surface area (TPSA) is 37.4 Å². The third-order valence-corrected chi connectivity index (χ3v) is 4.23. The van der Waals surface area contributed by atoms with E-state index >= 15 is 0 Å². The lowest BCUT2D eigenvalue weighted by Gasteiger charge is -2.32. The van der Waals surface area contributed by atoms with Gasteiger partial charge in [-0.2, -0.15) is 0 Å². The molecule has 4 nitrogen and oxygen atoms in total. The predicted molar refractivity (Wildman–Crippen MR) is 85.1 cm³/mol. The first-order valence-electron chi connectivity index (χ1n) is 7.39. The number of pyridine rings is 1. The van der Waals surface area contributed by atoms with E-state index in [9.17, 15) is 0 Å². The number of nitrogens with one attached hydrogen (secondary N) is 1. The molecule has 1 fully saturated rings. The maximum absolute atomic E-state index is 5.99. The molecule has 1 atom stereocenters. The Morgan fingerprint density at radius 2 is 2.35 bits per heavy atom. The van der Waals surface area contributed by atoms with Gasteiger partial charge in [-0.3, -0.25) is 0 Å². The molecule has 1 aliphatic heterocycles. The molecule has 0 radical (unpaired) electrons. The number of ether oxygens (including phenoxy) is 1. The number of aromatic nitrogens is 1. The summed E-state index contributed by atoms with van der Waals surface area (Å²) >= 11 is 3.47. The monoisotopic (exact) mass is 341 g/mol. The van der Waals surface area contributed by atoms with Crippen LogP contribution >= 0.6 is 15.9 Å². The Balaban J connectivity index is 1.97. The summed E-state index contributed by atoms with van der Waals surface area (Å²) in [7, 11) is 2.18. The zero-order chi connectivity index (χ0) is 14.4. The molecule has 2 heterocycles. The molecule has 0 aromatic carbocycles. The largest absolute Gasteiger partial charge is 0.476 e. The van der Waals surface area contributed by atoms with E-state index in [0.29, 0.717) is 6.04 Å². The molecule has 1 aromatic rings. The summed E-state index contributed by atoms with van der Waals surface area (Å²) in [6, 6.07) is 2.59. The van der Waals surface area contributed by atoms with Crippen LogP contribution in [0.2, 0.25) is 0 Å². The fraction of sp³-hybridized carbons (Fsp3) is 0.667. The van der Waals surface area contributed by atoms with Crippen molar-refractivity contribution in [2.24, 2.45) is 0 Å². The Morgan fingerprint density at radius 3 is 3.10 bits per heavy atom. The molecule has 20 heavy (non-hydrogen) atoms. The van der Waals surface area contributed by atoms with Crippen LogP contribution in [0, 0.1) is 0 Å². The Hall–Kier alpha value is -0.650. The number of halogens is 1. The molecule has 2 rings (SSSR count). The van der Waals surface area contributed by atoms with Gasteiger partial charge in [-0.05, 0) is 55.0 Å². The van der Waals surface area contributed by atoms with Gasteiger partial charge < -0.3 is 15.0 Å². The van der Waals surface area contributed by atoms with Gasteiger partial charge in [0.15, 0.2) is 0 Å². The molecule has 0 saturated carbocycles. The smallest absolute Gasteiger partial charge is 0.217 e. The van der Waals surface area contributed by atoms with Crippen LogP contribution in [0.5, 0.6) is 5.88 Å². The van der Waals surface area contributed by atoms with Crippen LogP contribution in [0.4, 0.5) is 0 Å². The summed E-state index contributed by atoms with van der Waals surface area (Å²) in [6.45, 7) is 5.73. The van der Waals surface area contributed by atoms with Crippen molar-refractivity contribution in [1.82, 2.24) is 15.2 Å². The first-order chi connectivity index (χ1) is 9.70. The van der Waals surface area contributed by atoms with Crippen LogP contribution in [-0.2, 0) is 6.54 Å². The van der Waals surface area contributed by atoms with Gasteiger partial charge in [0.25, 0.3) is 0 Å². The van der Waals surface area contributed by atoms with Crippen molar-refractivity contribution in [3.05, 3.63) is 22.3 Å². The van der Waals surface area contributed by atoms with Crippen LogP contribution in [0.3, 0.4) is 0 Å². The molecule has 0 aliphatic carbocycles. The minimum Gasteiger partial charge on any atom is -0.476 e. The van der Waals surface area contributed by atoms with E-state index in [1.165, 1.54) is 25.8 Å². The Bertz CT molecular complexity index is 428. The number of likely N-dealkylation sites (N-methyl/N-ethyl adjacent to an activating group) is 1. The number of rotatable bonds is 6. The van der Waals surface area contributed by atoms with Crippen molar-refractivity contribution in [1.29, 1.82) is 0 Å². The van der Waals surface area contributed by atoms with Gasteiger partial charge in [0.2, 0.25) is 5.88 Å². The quantitative estimate of drug-likeness (QED) is 0.863. The second-order valence-electron chi connectivity index (χ2n) is 5.34. The number of nitrogens with zero attached hydrogens (tertiary/aromatic N) is 2. The van der Waals surface area contributed by atoms with Crippen molar-refractivity contribution < 1.29 is 4.74 Å². The number of likely N-dealkylation sites (tertiary alicyclic amines) is 1. The summed E-state index contributed by atoms with van der Waals surface area (Å²) < 4.78 is 6.98. The normalized spacial score (nSPS) is 20.1. The summed E-state index contributed by atoms with van der Waals surface area (Å²) in [5, 5.41) is 3.33. The molecular formula is C15H24BrN3O. The number of piperidine rings is 1. The molecule has 0 spiro atoms. The fourth-order valence-electron chi connectivity index (χ4n) is 2.51. The molecule has 1 unspecified atom stereocenters. The Labute approximate surface area is 130 Å². The van der Waals surface area contributed by atoms with E-state index in [0.717, 1.165) is 35.6 Å². The van der Waals surface area contributed by atoms with E-state index in [4.69, 9.17) is 4.74 Å². The van der Waals surface area contributed by atoms with Crippen molar-refractivity contribution in [3.8, 4) is 5.88 Å². The first kappa shape index (κ1) is 15.7. The van der Waals surface area contributed by atoms with Gasteiger partial charge in [-0.15, -0.1) is 0 Å². The molecule has 112 valence electrons. The predicted octanol–water partition coefficient (Wildman–Crippen LogP) is 2.82. The summed E-state index contributed by atoms with van der Waals surface area (Å²) in [4.78, 5) is 6.81. The maximum Gasteiger partial charge on any atom is 0.217 e. The molecule has 0 bridgehead atoms. The van der Waals surface area contributed by atoms with E-state index < -0.39 is 0 Å². The lowest BCUT2D eigenvalue weighted by atomic mass is 10.0. The average molecular weight is 342 g/mol. The Morgan fingerprint density at radius 1 is 1.50 bits per heavy atom. The molecule has 1 aromatic heterocycles. The maximum atomic E-state index is 5.99. The van der Waals surface area contributed by atoms with E-state index in [1.54, 1.807) is 6.20 Å². The highest BCUT2D eigenvalue weighted by Crippen LogP contribution is 2.22. The van der Waals surface area contributed by atoms with Crippen LogP contribution in [-0.4, -0.2) is 42.7 Å². The molecule has 1 aliphatic rings. The second kappa shape index (κ2) is 7.96. The van der Waals surface area contributed by atoms with Gasteiger partial charge in [-0.1, -0.05) is 13.3 Å². The van der Waals surface area contributed by atoms with Gasteiger partial charge in [0, 0.05) is 28.8 Å². The first-order valence-corrected chi connectivity index (χ1v) is 8.18. The van der Waals surface area contributed by atoms with Gasteiger partial charge in [0.05, 0.1) is 0 Å². The highest BCUT2D eigenvalue weighted by molar-refractivity contribution is 9.10. The lowest BCUT2D eigenvalue weighted by Crippen LogP contribution is -2.40. The fourth-order valence-corrected chi connectivity index (χ4v) is 2.89. The SMILES string of the molecule is CCNCc1cc(Br)cnc1OCC1CCCCN1C. The van der Waals surface area contributed by atoms with Crippen LogP contribution in [0.1, 0.15) is 31.7 Å². The van der Waals surface area contributed by atoms with E-state index in [2.05, 4.69) is 51.2 Å². The number of hydrogen-bond donors (Lipinski definition) is 1. The lowest BCUT2D eigenvalue weighted by molar-refractivity contribution is 0.122. The standard InChI is InChI=1S/C15H24BrN3O/c1-3-17-9-12-8-13(16)10-18-15(12)20-11-14-6-4-5-7-19(14)2/h8,10,14,17H,3-7,9,11H2,1-2H3. The Kier molecular flexibility index (Phi) is 6.26. The van der Waals surface area contributed by atoms with Crippen molar-refractivity contribution >= 4 is 15.9 Å². The van der Waals surface area contributed by atoms with E-state index in [1.807, 2.05) is 0 Å². The van der Waals surface area contributed by atoms with E-state index in [-0.39, 0.29) is 0 Å². The minimum atomic E-state index is 0.515. The zero-order valence-electron chi connectivity index (χ0n) is 12.4. The third kappa shape index (κ3) is 4.43. The highest BCUT2D eigenvalue weighted by atomic mass is 79.9. The molecule has 0 amide bonds.